The van der Waals surface area contributed by atoms with E-state index in [-0.39, 0.29) is 0 Å². The van der Waals surface area contributed by atoms with Crippen molar-refractivity contribution in [3.63, 3.8) is 0 Å². The molecule has 3 aliphatic rings. The molecule has 0 aromatic heterocycles. The first-order valence-electron chi connectivity index (χ1n) is 8.74. The summed E-state index contributed by atoms with van der Waals surface area (Å²) in [6, 6.07) is 0.831. The Labute approximate surface area is 119 Å². The number of rotatable bonds is 6. The smallest absolute Gasteiger partial charge is 0.0101 e. The van der Waals surface area contributed by atoms with E-state index in [2.05, 4.69) is 33.0 Å². The number of hydrogen-bond donors (Lipinski definition) is 1. The third-order valence-electron chi connectivity index (χ3n) is 6.12. The summed E-state index contributed by atoms with van der Waals surface area (Å²) in [4.78, 5) is 0. The van der Waals surface area contributed by atoms with Crippen LogP contribution in [0.4, 0.5) is 0 Å². The Morgan fingerprint density at radius 2 is 1.74 bits per heavy atom. The van der Waals surface area contributed by atoms with Crippen LogP contribution in [0.3, 0.4) is 0 Å². The van der Waals surface area contributed by atoms with Crippen LogP contribution in [0, 0.1) is 35.0 Å². The van der Waals surface area contributed by atoms with Gasteiger partial charge in [0.1, 0.15) is 0 Å². The van der Waals surface area contributed by atoms with Crippen LogP contribution in [0.5, 0.6) is 0 Å². The Hall–Kier alpha value is -0.0400. The second-order valence-corrected chi connectivity index (χ2v) is 8.73. The Balaban J connectivity index is 1.58. The SMILES string of the molecule is CCCNC(CCC(C)(C)C)C1C2C3CCC(C3)C21. The molecule has 3 rings (SSSR count). The molecule has 0 aromatic rings. The van der Waals surface area contributed by atoms with Crippen LogP contribution < -0.4 is 5.32 Å². The molecule has 0 aromatic carbocycles. The molecule has 19 heavy (non-hydrogen) atoms. The van der Waals surface area contributed by atoms with Crippen molar-refractivity contribution in [1.29, 1.82) is 0 Å². The zero-order chi connectivity index (χ0) is 13.6. The first kappa shape index (κ1) is 13.9. The maximum Gasteiger partial charge on any atom is 0.0101 e. The Bertz CT molecular complexity index is 300. The first-order valence-corrected chi connectivity index (χ1v) is 8.74. The second kappa shape index (κ2) is 5.06. The molecule has 3 fully saturated rings. The lowest BCUT2D eigenvalue weighted by Crippen LogP contribution is -2.34. The van der Waals surface area contributed by atoms with Gasteiger partial charge in [-0.15, -0.1) is 0 Å². The van der Waals surface area contributed by atoms with Gasteiger partial charge in [-0.3, -0.25) is 0 Å². The zero-order valence-corrected chi connectivity index (χ0v) is 13.4. The standard InChI is InChI=1S/C18H33N/c1-5-10-19-14(8-9-18(2,3)4)17-15-12-6-7-13(11-12)16(15)17/h12-17,19H,5-11H2,1-4H3. The third kappa shape index (κ3) is 2.73. The fourth-order valence-electron chi connectivity index (χ4n) is 5.28. The van der Waals surface area contributed by atoms with Gasteiger partial charge in [-0.05, 0) is 80.1 Å². The van der Waals surface area contributed by atoms with Gasteiger partial charge in [-0.2, -0.15) is 0 Å². The molecule has 1 N–H and O–H groups in total. The van der Waals surface area contributed by atoms with Crippen LogP contribution in [-0.4, -0.2) is 12.6 Å². The fraction of sp³-hybridized carbons (Fsp3) is 1.00. The predicted molar refractivity (Wildman–Crippen MR) is 82.1 cm³/mol. The van der Waals surface area contributed by atoms with Crippen LogP contribution in [0.2, 0.25) is 0 Å². The van der Waals surface area contributed by atoms with E-state index in [0.29, 0.717) is 5.41 Å². The topological polar surface area (TPSA) is 12.0 Å². The Kier molecular flexibility index (Phi) is 3.71. The molecule has 5 unspecified atom stereocenters. The molecule has 3 aliphatic carbocycles. The van der Waals surface area contributed by atoms with E-state index in [4.69, 9.17) is 0 Å². The quantitative estimate of drug-likeness (QED) is 0.745. The normalized spacial score (nSPS) is 41.4. The number of nitrogens with one attached hydrogen (secondary N) is 1. The molecule has 0 aliphatic heterocycles. The Morgan fingerprint density at radius 3 is 2.26 bits per heavy atom. The molecule has 0 heterocycles. The summed E-state index contributed by atoms with van der Waals surface area (Å²) >= 11 is 0. The highest BCUT2D eigenvalue weighted by molar-refractivity contribution is 5.15. The molecule has 3 saturated carbocycles. The van der Waals surface area contributed by atoms with Crippen LogP contribution in [-0.2, 0) is 0 Å². The van der Waals surface area contributed by atoms with Gasteiger partial charge < -0.3 is 5.32 Å². The molecule has 110 valence electrons. The van der Waals surface area contributed by atoms with E-state index >= 15 is 0 Å². The molecule has 0 saturated heterocycles. The predicted octanol–water partition coefficient (Wildman–Crippen LogP) is 4.47. The fourth-order valence-corrected chi connectivity index (χ4v) is 5.28. The number of fused-ring (bicyclic) bond motifs is 5. The van der Waals surface area contributed by atoms with Crippen molar-refractivity contribution in [2.45, 2.75) is 72.3 Å². The molecule has 0 amide bonds. The molecule has 1 heteroatoms. The lowest BCUT2D eigenvalue weighted by Gasteiger charge is -2.26. The minimum absolute atomic E-state index is 0.495. The monoisotopic (exact) mass is 263 g/mol. The highest BCUT2D eigenvalue weighted by Gasteiger charge is 2.66. The van der Waals surface area contributed by atoms with Crippen LogP contribution >= 0.6 is 0 Å². The van der Waals surface area contributed by atoms with Crippen molar-refractivity contribution >= 4 is 0 Å². The molecule has 5 atom stereocenters. The molecule has 0 spiro atoms. The average molecular weight is 263 g/mol. The van der Waals surface area contributed by atoms with Gasteiger partial charge >= 0.3 is 0 Å². The summed E-state index contributed by atoms with van der Waals surface area (Å²) < 4.78 is 0. The van der Waals surface area contributed by atoms with E-state index in [9.17, 15) is 0 Å². The molecular weight excluding hydrogens is 230 g/mol. The molecule has 1 nitrogen and oxygen atoms in total. The van der Waals surface area contributed by atoms with Crippen molar-refractivity contribution in [3.8, 4) is 0 Å². The maximum atomic E-state index is 3.90. The van der Waals surface area contributed by atoms with Crippen molar-refractivity contribution in [3.05, 3.63) is 0 Å². The third-order valence-corrected chi connectivity index (χ3v) is 6.12. The van der Waals surface area contributed by atoms with Gasteiger partial charge in [-0.25, -0.2) is 0 Å². The van der Waals surface area contributed by atoms with E-state index in [0.717, 1.165) is 35.6 Å². The number of hydrogen-bond acceptors (Lipinski definition) is 1. The van der Waals surface area contributed by atoms with E-state index in [1.165, 1.54) is 25.8 Å². The average Bonchev–Trinajstić information content (AvgIpc) is 2.77. The van der Waals surface area contributed by atoms with Crippen LogP contribution in [0.15, 0.2) is 0 Å². The second-order valence-electron chi connectivity index (χ2n) is 8.73. The lowest BCUT2D eigenvalue weighted by atomic mass is 9.86. The largest absolute Gasteiger partial charge is 0.314 e. The lowest BCUT2D eigenvalue weighted by molar-refractivity contribution is 0.289. The van der Waals surface area contributed by atoms with Gasteiger partial charge in [0.2, 0.25) is 0 Å². The van der Waals surface area contributed by atoms with Gasteiger partial charge in [-0.1, -0.05) is 27.7 Å². The van der Waals surface area contributed by atoms with Crippen molar-refractivity contribution in [2.75, 3.05) is 6.54 Å². The summed E-state index contributed by atoms with van der Waals surface area (Å²) in [5.41, 5.74) is 0.495. The van der Waals surface area contributed by atoms with Crippen molar-refractivity contribution < 1.29 is 0 Å². The first-order chi connectivity index (χ1) is 9.01. The molecular formula is C18H33N. The minimum atomic E-state index is 0.495. The molecule has 2 bridgehead atoms. The van der Waals surface area contributed by atoms with Crippen LogP contribution in [0.25, 0.3) is 0 Å². The van der Waals surface area contributed by atoms with Gasteiger partial charge in [0, 0.05) is 6.04 Å². The zero-order valence-electron chi connectivity index (χ0n) is 13.4. The van der Waals surface area contributed by atoms with E-state index in [1.54, 1.807) is 19.3 Å². The van der Waals surface area contributed by atoms with Gasteiger partial charge in [0.05, 0.1) is 0 Å². The summed E-state index contributed by atoms with van der Waals surface area (Å²) in [7, 11) is 0. The highest BCUT2D eigenvalue weighted by Crippen LogP contribution is 2.70. The maximum absolute atomic E-state index is 3.90. The summed E-state index contributed by atoms with van der Waals surface area (Å²) in [6.07, 6.45) is 8.76. The van der Waals surface area contributed by atoms with Crippen molar-refractivity contribution in [2.24, 2.45) is 35.0 Å². The van der Waals surface area contributed by atoms with Crippen LogP contribution in [0.1, 0.15) is 66.2 Å². The Morgan fingerprint density at radius 1 is 1.11 bits per heavy atom. The minimum Gasteiger partial charge on any atom is -0.314 e. The summed E-state index contributed by atoms with van der Waals surface area (Å²) in [6.45, 7) is 10.7. The highest BCUT2D eigenvalue weighted by atomic mass is 14.9. The summed E-state index contributed by atoms with van der Waals surface area (Å²) in [5, 5.41) is 3.90. The molecule has 0 radical (unpaired) electrons. The van der Waals surface area contributed by atoms with E-state index < -0.39 is 0 Å². The van der Waals surface area contributed by atoms with Gasteiger partial charge in [0.15, 0.2) is 0 Å². The summed E-state index contributed by atoms with van der Waals surface area (Å²) in [5.74, 6) is 5.57. The van der Waals surface area contributed by atoms with Crippen molar-refractivity contribution in [1.82, 2.24) is 5.32 Å². The van der Waals surface area contributed by atoms with E-state index in [1.807, 2.05) is 0 Å². The van der Waals surface area contributed by atoms with Gasteiger partial charge in [0.25, 0.3) is 0 Å².